The lowest BCUT2D eigenvalue weighted by atomic mass is 9.92. The SMILES string of the molecule is O=C(O)C(Cc1ccc(O)cc1)Cc1ccc(O)cc1. The highest BCUT2D eigenvalue weighted by atomic mass is 16.4. The van der Waals surface area contributed by atoms with Crippen molar-refractivity contribution in [1.82, 2.24) is 0 Å². The van der Waals surface area contributed by atoms with E-state index in [2.05, 4.69) is 0 Å². The van der Waals surface area contributed by atoms with Crippen molar-refractivity contribution in [3.63, 3.8) is 0 Å². The Morgan fingerprint density at radius 3 is 1.45 bits per heavy atom. The third kappa shape index (κ3) is 3.75. The summed E-state index contributed by atoms with van der Waals surface area (Å²) in [5, 5.41) is 27.7. The second-order valence-corrected chi connectivity index (χ2v) is 4.78. The van der Waals surface area contributed by atoms with Crippen molar-refractivity contribution in [3.05, 3.63) is 59.7 Å². The van der Waals surface area contributed by atoms with Gasteiger partial charge >= 0.3 is 5.97 Å². The number of hydrogen-bond donors (Lipinski definition) is 3. The number of hydrogen-bond acceptors (Lipinski definition) is 3. The standard InChI is InChI=1S/C16H16O4/c17-14-5-1-11(2-6-14)9-13(16(19)20)10-12-3-7-15(18)8-4-12/h1-8,13,17-18H,9-10H2,(H,19,20). The molecule has 0 bridgehead atoms. The second-order valence-electron chi connectivity index (χ2n) is 4.78. The highest BCUT2D eigenvalue weighted by Crippen LogP contribution is 2.19. The average molecular weight is 272 g/mol. The molecule has 0 amide bonds. The second kappa shape index (κ2) is 6.10. The summed E-state index contributed by atoms with van der Waals surface area (Å²) in [4.78, 5) is 11.3. The Labute approximate surface area is 116 Å². The number of aliphatic carboxylic acids is 1. The molecule has 0 atom stereocenters. The van der Waals surface area contributed by atoms with Gasteiger partial charge in [-0.1, -0.05) is 24.3 Å². The molecule has 2 aromatic carbocycles. The van der Waals surface area contributed by atoms with E-state index in [-0.39, 0.29) is 11.5 Å². The molecular weight excluding hydrogens is 256 g/mol. The molecule has 20 heavy (non-hydrogen) atoms. The predicted octanol–water partition coefficient (Wildman–Crippen LogP) is 2.58. The topological polar surface area (TPSA) is 77.8 Å². The number of phenols is 2. The van der Waals surface area contributed by atoms with Crippen molar-refractivity contribution in [3.8, 4) is 11.5 Å². The van der Waals surface area contributed by atoms with Crippen LogP contribution in [-0.4, -0.2) is 21.3 Å². The summed E-state index contributed by atoms with van der Waals surface area (Å²) in [6.07, 6.45) is 0.799. The van der Waals surface area contributed by atoms with Crippen molar-refractivity contribution in [2.75, 3.05) is 0 Å². The van der Waals surface area contributed by atoms with Crippen molar-refractivity contribution in [2.24, 2.45) is 5.92 Å². The van der Waals surface area contributed by atoms with Crippen LogP contribution in [0.5, 0.6) is 11.5 Å². The Morgan fingerprint density at radius 1 is 0.800 bits per heavy atom. The van der Waals surface area contributed by atoms with E-state index in [4.69, 9.17) is 0 Å². The number of rotatable bonds is 5. The third-order valence-electron chi connectivity index (χ3n) is 3.19. The normalized spacial score (nSPS) is 10.7. The number of carboxylic acid groups (broad SMARTS) is 1. The lowest BCUT2D eigenvalue weighted by Gasteiger charge is -2.12. The molecule has 4 nitrogen and oxygen atoms in total. The highest BCUT2D eigenvalue weighted by Gasteiger charge is 2.18. The van der Waals surface area contributed by atoms with Gasteiger partial charge in [-0.2, -0.15) is 0 Å². The fourth-order valence-corrected chi connectivity index (χ4v) is 2.08. The predicted molar refractivity (Wildman–Crippen MR) is 74.7 cm³/mol. The van der Waals surface area contributed by atoms with Crippen LogP contribution >= 0.6 is 0 Å². The van der Waals surface area contributed by atoms with Crippen LogP contribution in [0.1, 0.15) is 11.1 Å². The zero-order valence-corrected chi connectivity index (χ0v) is 10.9. The number of aromatic hydroxyl groups is 2. The van der Waals surface area contributed by atoms with E-state index >= 15 is 0 Å². The molecule has 4 heteroatoms. The van der Waals surface area contributed by atoms with Crippen LogP contribution in [0.2, 0.25) is 0 Å². The summed E-state index contributed by atoms with van der Waals surface area (Å²) in [5.41, 5.74) is 1.74. The zero-order chi connectivity index (χ0) is 14.5. The lowest BCUT2D eigenvalue weighted by molar-refractivity contribution is -0.141. The maximum atomic E-state index is 11.3. The van der Waals surface area contributed by atoms with Crippen LogP contribution in [0.4, 0.5) is 0 Å². The summed E-state index contributed by atoms with van der Waals surface area (Å²) in [7, 11) is 0. The van der Waals surface area contributed by atoms with E-state index in [1.54, 1.807) is 48.5 Å². The van der Waals surface area contributed by atoms with Gasteiger partial charge in [0, 0.05) is 0 Å². The molecule has 0 saturated carbocycles. The molecule has 2 aromatic rings. The Balaban J connectivity index is 2.09. The summed E-state index contributed by atoms with van der Waals surface area (Å²) >= 11 is 0. The Hall–Kier alpha value is -2.49. The molecule has 2 rings (SSSR count). The monoisotopic (exact) mass is 272 g/mol. The van der Waals surface area contributed by atoms with E-state index in [9.17, 15) is 20.1 Å². The molecule has 0 aromatic heterocycles. The quantitative estimate of drug-likeness (QED) is 0.781. The van der Waals surface area contributed by atoms with Crippen LogP contribution < -0.4 is 0 Å². The first kappa shape index (κ1) is 13.9. The Kier molecular flexibility index (Phi) is 4.25. The lowest BCUT2D eigenvalue weighted by Crippen LogP contribution is -2.19. The van der Waals surface area contributed by atoms with Gasteiger partial charge < -0.3 is 15.3 Å². The van der Waals surface area contributed by atoms with Crippen LogP contribution in [-0.2, 0) is 17.6 Å². The van der Waals surface area contributed by atoms with Crippen molar-refractivity contribution < 1.29 is 20.1 Å². The fourth-order valence-electron chi connectivity index (χ4n) is 2.08. The maximum Gasteiger partial charge on any atom is 0.307 e. The third-order valence-corrected chi connectivity index (χ3v) is 3.19. The molecule has 0 spiro atoms. The van der Waals surface area contributed by atoms with E-state index in [1.165, 1.54) is 0 Å². The van der Waals surface area contributed by atoms with E-state index in [0.717, 1.165) is 11.1 Å². The van der Waals surface area contributed by atoms with Crippen LogP contribution in [0, 0.1) is 5.92 Å². The number of carbonyl (C=O) groups is 1. The van der Waals surface area contributed by atoms with E-state index in [0.29, 0.717) is 12.8 Å². The smallest absolute Gasteiger partial charge is 0.307 e. The number of phenolic OH excluding ortho intramolecular Hbond substituents is 2. The van der Waals surface area contributed by atoms with Gasteiger partial charge in [0.1, 0.15) is 11.5 Å². The minimum atomic E-state index is -0.855. The van der Waals surface area contributed by atoms with Gasteiger partial charge in [-0.05, 0) is 48.2 Å². The molecule has 0 aliphatic rings. The molecule has 104 valence electrons. The first-order valence-electron chi connectivity index (χ1n) is 6.33. The largest absolute Gasteiger partial charge is 0.508 e. The van der Waals surface area contributed by atoms with E-state index < -0.39 is 11.9 Å². The van der Waals surface area contributed by atoms with E-state index in [1.807, 2.05) is 0 Å². The molecule has 0 aliphatic heterocycles. The molecule has 0 saturated heterocycles. The molecule has 0 radical (unpaired) electrons. The summed E-state index contributed by atoms with van der Waals surface area (Å²) in [6.45, 7) is 0. The van der Waals surface area contributed by atoms with Crippen LogP contribution in [0.25, 0.3) is 0 Å². The Bertz CT molecular complexity index is 525. The highest BCUT2D eigenvalue weighted by molar-refractivity contribution is 5.71. The molecule has 0 unspecified atom stereocenters. The summed E-state index contributed by atoms with van der Waals surface area (Å²) < 4.78 is 0. The van der Waals surface area contributed by atoms with Crippen molar-refractivity contribution in [1.29, 1.82) is 0 Å². The van der Waals surface area contributed by atoms with Crippen molar-refractivity contribution in [2.45, 2.75) is 12.8 Å². The zero-order valence-electron chi connectivity index (χ0n) is 10.9. The Morgan fingerprint density at radius 2 is 1.15 bits per heavy atom. The minimum absolute atomic E-state index is 0.166. The average Bonchev–Trinajstić information content (AvgIpc) is 2.42. The first-order valence-corrected chi connectivity index (χ1v) is 6.33. The van der Waals surface area contributed by atoms with Gasteiger partial charge in [-0.25, -0.2) is 0 Å². The van der Waals surface area contributed by atoms with Gasteiger partial charge in [-0.15, -0.1) is 0 Å². The van der Waals surface area contributed by atoms with Crippen molar-refractivity contribution >= 4 is 5.97 Å². The number of benzene rings is 2. The maximum absolute atomic E-state index is 11.3. The number of carboxylic acids is 1. The van der Waals surface area contributed by atoms with Gasteiger partial charge in [0.05, 0.1) is 5.92 Å². The van der Waals surface area contributed by atoms with Gasteiger partial charge in [0.2, 0.25) is 0 Å². The molecule has 0 heterocycles. The van der Waals surface area contributed by atoms with Gasteiger partial charge in [0.25, 0.3) is 0 Å². The molecular formula is C16H16O4. The minimum Gasteiger partial charge on any atom is -0.508 e. The summed E-state index contributed by atoms with van der Waals surface area (Å²) in [5.74, 6) is -1.06. The molecule has 0 fully saturated rings. The van der Waals surface area contributed by atoms with Crippen LogP contribution in [0.3, 0.4) is 0 Å². The molecule has 0 aliphatic carbocycles. The van der Waals surface area contributed by atoms with Gasteiger partial charge in [-0.3, -0.25) is 4.79 Å². The summed E-state index contributed by atoms with van der Waals surface area (Å²) in [6, 6.07) is 13.1. The first-order chi connectivity index (χ1) is 9.54. The fraction of sp³-hybridized carbons (Fsp3) is 0.188. The van der Waals surface area contributed by atoms with Gasteiger partial charge in [0.15, 0.2) is 0 Å². The van der Waals surface area contributed by atoms with Crippen LogP contribution in [0.15, 0.2) is 48.5 Å². The molecule has 3 N–H and O–H groups in total.